The average Bonchev–Trinajstić information content (AvgIpc) is 3.55. The molecule has 0 unspecified atom stereocenters. The van der Waals surface area contributed by atoms with E-state index < -0.39 is 0 Å². The van der Waals surface area contributed by atoms with E-state index in [0.717, 1.165) is 37.9 Å². The Kier molecular flexibility index (Phi) is 7.32. The molecule has 0 spiro atoms. The predicted octanol–water partition coefficient (Wildman–Crippen LogP) is 3.35. The van der Waals surface area contributed by atoms with Crippen molar-refractivity contribution in [1.82, 2.24) is 24.6 Å². The molecule has 1 fully saturated rings. The zero-order valence-corrected chi connectivity index (χ0v) is 19.2. The second-order valence-electron chi connectivity index (χ2n) is 8.31. The number of carbonyl (C=O) groups excluding carboxylic acids is 2. The Morgan fingerprint density at radius 3 is 2.62 bits per heavy atom. The molecule has 8 heteroatoms. The minimum atomic E-state index is 0.0681. The van der Waals surface area contributed by atoms with Gasteiger partial charge in [-0.15, -0.1) is 0 Å². The summed E-state index contributed by atoms with van der Waals surface area (Å²) < 4.78 is 1.69. The second-order valence-corrected chi connectivity index (χ2v) is 9.09. The number of likely N-dealkylation sites (tertiary alicyclic amines) is 1. The second kappa shape index (κ2) is 10.5. The number of aromatic nitrogens is 3. The highest BCUT2D eigenvalue weighted by Gasteiger charge is 2.33. The van der Waals surface area contributed by atoms with Crippen LogP contribution in [0.1, 0.15) is 35.2 Å². The third kappa shape index (κ3) is 5.43. The summed E-state index contributed by atoms with van der Waals surface area (Å²) in [6.45, 7) is 2.01. The molecule has 168 valence electrons. The molecule has 3 aromatic rings. The van der Waals surface area contributed by atoms with Crippen LogP contribution in [-0.2, 0) is 17.8 Å². The van der Waals surface area contributed by atoms with Crippen molar-refractivity contribution in [3.05, 3.63) is 70.9 Å². The van der Waals surface area contributed by atoms with Crippen molar-refractivity contribution in [1.29, 1.82) is 0 Å². The number of hydrogen-bond acceptors (Lipinski definition) is 5. The van der Waals surface area contributed by atoms with Crippen LogP contribution in [0.15, 0.2) is 59.8 Å². The summed E-state index contributed by atoms with van der Waals surface area (Å²) in [5.74, 6) is 0.571. The van der Waals surface area contributed by atoms with Crippen LogP contribution in [0.25, 0.3) is 0 Å². The molecule has 0 bridgehead atoms. The fourth-order valence-corrected chi connectivity index (χ4v) is 5.10. The van der Waals surface area contributed by atoms with Gasteiger partial charge >= 0.3 is 0 Å². The number of thiophene rings is 1. The molecular weight excluding hydrogens is 422 g/mol. The van der Waals surface area contributed by atoms with Crippen LogP contribution in [0.3, 0.4) is 0 Å². The largest absolute Gasteiger partial charge is 0.343 e. The maximum atomic E-state index is 13.1. The quantitative estimate of drug-likeness (QED) is 0.527. The lowest BCUT2D eigenvalue weighted by Gasteiger charge is -2.40. The summed E-state index contributed by atoms with van der Waals surface area (Å²) in [4.78, 5) is 33.6. The Morgan fingerprint density at radius 1 is 1.19 bits per heavy atom. The molecule has 3 heterocycles. The Hall–Kier alpha value is -3.00. The van der Waals surface area contributed by atoms with Gasteiger partial charge in [0, 0.05) is 38.0 Å². The first kappa shape index (κ1) is 22.2. The molecule has 0 radical (unpaired) electrons. The van der Waals surface area contributed by atoms with Crippen LogP contribution < -0.4 is 0 Å². The first-order valence-corrected chi connectivity index (χ1v) is 12.0. The van der Waals surface area contributed by atoms with E-state index in [1.807, 2.05) is 51.9 Å². The van der Waals surface area contributed by atoms with E-state index in [2.05, 4.69) is 22.2 Å². The lowest BCUT2D eigenvalue weighted by Crippen LogP contribution is -2.48. The van der Waals surface area contributed by atoms with Crippen LogP contribution in [0.2, 0.25) is 0 Å². The van der Waals surface area contributed by atoms with Crippen LogP contribution >= 0.6 is 11.3 Å². The smallest absolute Gasteiger partial charge is 0.254 e. The van der Waals surface area contributed by atoms with E-state index in [0.29, 0.717) is 18.9 Å². The molecule has 2 amide bonds. The van der Waals surface area contributed by atoms with Gasteiger partial charge in [-0.2, -0.15) is 16.4 Å². The maximum Gasteiger partial charge on any atom is 0.254 e. The summed E-state index contributed by atoms with van der Waals surface area (Å²) in [6, 6.07) is 12.3. The maximum absolute atomic E-state index is 13.1. The number of rotatable bonds is 8. The van der Waals surface area contributed by atoms with Crippen LogP contribution in [0.4, 0.5) is 0 Å². The van der Waals surface area contributed by atoms with Crippen LogP contribution in [-0.4, -0.2) is 62.6 Å². The molecule has 0 aliphatic carbocycles. The van der Waals surface area contributed by atoms with Crippen molar-refractivity contribution in [3.63, 3.8) is 0 Å². The summed E-state index contributed by atoms with van der Waals surface area (Å²) in [7, 11) is 1.92. The van der Waals surface area contributed by atoms with E-state index in [1.54, 1.807) is 22.3 Å². The van der Waals surface area contributed by atoms with E-state index in [9.17, 15) is 9.59 Å². The van der Waals surface area contributed by atoms with Crippen LogP contribution in [0, 0.1) is 5.92 Å². The molecule has 1 saturated heterocycles. The minimum absolute atomic E-state index is 0.0681. The van der Waals surface area contributed by atoms with Gasteiger partial charge in [0.1, 0.15) is 12.7 Å². The molecule has 0 N–H and O–H groups in total. The third-order valence-electron chi connectivity index (χ3n) is 6.33. The summed E-state index contributed by atoms with van der Waals surface area (Å²) in [5.41, 5.74) is 1.98. The predicted molar refractivity (Wildman–Crippen MR) is 124 cm³/mol. The van der Waals surface area contributed by atoms with Crippen molar-refractivity contribution < 1.29 is 9.59 Å². The third-order valence-corrected chi connectivity index (χ3v) is 7.01. The fraction of sp³-hybridized carbons (Fsp3) is 0.417. The van der Waals surface area contributed by atoms with E-state index >= 15 is 0 Å². The van der Waals surface area contributed by atoms with E-state index in [-0.39, 0.29) is 17.9 Å². The Labute approximate surface area is 192 Å². The zero-order valence-electron chi connectivity index (χ0n) is 18.3. The van der Waals surface area contributed by atoms with Gasteiger partial charge in [-0.05, 0) is 42.2 Å². The van der Waals surface area contributed by atoms with Gasteiger partial charge in [0.2, 0.25) is 5.91 Å². The normalized spacial score (nSPS) is 15.5. The standard InChI is InChI=1S/C24H29N5O2S/c1-27(24(31)21-10-14-32-16-21)22(15-19-5-3-2-4-6-19)20-7-11-28(12-8-20)23(30)9-13-29-18-25-17-26-29/h2-6,10,14,16-18,20,22H,7-9,11-13,15H2,1H3/t22-/m1/s1. The minimum Gasteiger partial charge on any atom is -0.343 e. The number of aryl methyl sites for hydroxylation is 1. The first-order chi connectivity index (χ1) is 15.6. The fourth-order valence-electron chi connectivity index (χ4n) is 4.47. The van der Waals surface area contributed by atoms with Crippen LogP contribution in [0.5, 0.6) is 0 Å². The highest BCUT2D eigenvalue weighted by atomic mass is 32.1. The number of carbonyl (C=O) groups is 2. The summed E-state index contributed by atoms with van der Waals surface area (Å²) in [6.07, 6.45) is 6.16. The number of likely N-dealkylation sites (N-methyl/N-ethyl adjacent to an activating group) is 1. The number of piperidine rings is 1. The monoisotopic (exact) mass is 451 g/mol. The Balaban J connectivity index is 1.40. The van der Waals surface area contributed by atoms with Crippen molar-refractivity contribution in [2.24, 2.45) is 5.92 Å². The molecule has 0 saturated carbocycles. The van der Waals surface area contributed by atoms with Gasteiger partial charge in [-0.25, -0.2) is 4.98 Å². The van der Waals surface area contributed by atoms with E-state index in [1.165, 1.54) is 11.9 Å². The van der Waals surface area contributed by atoms with Crippen molar-refractivity contribution >= 4 is 23.2 Å². The molecule has 1 aliphatic heterocycles. The summed E-state index contributed by atoms with van der Waals surface area (Å²) >= 11 is 1.54. The molecule has 7 nitrogen and oxygen atoms in total. The van der Waals surface area contributed by atoms with Gasteiger partial charge in [-0.1, -0.05) is 30.3 Å². The Bertz CT molecular complexity index is 983. The molecule has 1 atom stereocenters. The van der Waals surface area contributed by atoms with Gasteiger partial charge in [-0.3, -0.25) is 14.3 Å². The topological polar surface area (TPSA) is 71.3 Å². The highest BCUT2D eigenvalue weighted by Crippen LogP contribution is 2.28. The molecule has 32 heavy (non-hydrogen) atoms. The molecule has 2 aromatic heterocycles. The van der Waals surface area contributed by atoms with Crippen molar-refractivity contribution in [3.8, 4) is 0 Å². The SMILES string of the molecule is CN(C(=O)c1ccsc1)[C@H](Cc1ccccc1)C1CCN(C(=O)CCn2cncn2)CC1. The lowest BCUT2D eigenvalue weighted by atomic mass is 9.84. The summed E-state index contributed by atoms with van der Waals surface area (Å²) in [5, 5.41) is 7.92. The van der Waals surface area contributed by atoms with Crippen molar-refractivity contribution in [2.45, 2.75) is 38.3 Å². The average molecular weight is 452 g/mol. The lowest BCUT2D eigenvalue weighted by molar-refractivity contribution is -0.133. The number of benzene rings is 1. The molecule has 4 rings (SSSR count). The Morgan fingerprint density at radius 2 is 1.97 bits per heavy atom. The highest BCUT2D eigenvalue weighted by molar-refractivity contribution is 7.08. The van der Waals surface area contributed by atoms with E-state index in [4.69, 9.17) is 0 Å². The van der Waals surface area contributed by atoms with Gasteiger partial charge in [0.25, 0.3) is 5.91 Å². The van der Waals surface area contributed by atoms with Gasteiger partial charge < -0.3 is 9.80 Å². The number of nitrogens with zero attached hydrogens (tertiary/aromatic N) is 5. The zero-order chi connectivity index (χ0) is 22.3. The van der Waals surface area contributed by atoms with Gasteiger partial charge in [0.15, 0.2) is 0 Å². The number of amides is 2. The first-order valence-electron chi connectivity index (χ1n) is 11.1. The van der Waals surface area contributed by atoms with Crippen molar-refractivity contribution in [2.75, 3.05) is 20.1 Å². The molecule has 1 aromatic carbocycles. The molecular formula is C24H29N5O2S. The number of hydrogen-bond donors (Lipinski definition) is 0. The molecule has 1 aliphatic rings. The van der Waals surface area contributed by atoms with Gasteiger partial charge in [0.05, 0.1) is 12.1 Å².